The summed E-state index contributed by atoms with van der Waals surface area (Å²) < 4.78 is 10.9. The third kappa shape index (κ3) is 4.10. The minimum Gasteiger partial charge on any atom is -0.495 e. The fraction of sp³-hybridized carbons (Fsp3) is 0.304. The van der Waals surface area contributed by atoms with Gasteiger partial charge in [0.25, 0.3) is 5.91 Å². The van der Waals surface area contributed by atoms with Crippen LogP contribution in [0.15, 0.2) is 54.6 Å². The molecule has 0 aliphatic carbocycles. The first-order valence-corrected chi connectivity index (χ1v) is 10.2. The number of benzene rings is 2. The minimum atomic E-state index is -0.0284. The van der Waals surface area contributed by atoms with Crippen molar-refractivity contribution in [3.63, 3.8) is 0 Å². The van der Waals surface area contributed by atoms with Gasteiger partial charge in [0.1, 0.15) is 17.2 Å². The number of hydrogen-bond acceptors (Lipinski definition) is 5. The van der Waals surface area contributed by atoms with Crippen LogP contribution in [0.4, 0.5) is 5.69 Å². The standard InChI is InChI=1S/C23H26N4O3/c1-3-30-18-10-8-17(9-11-18)19-16-20(25-24-19)23(28)27-14-12-26(13-15-27)21-6-4-5-7-22(21)29-2/h4-11,16H,3,12-15H2,1-2H3,(H,24,25). The smallest absolute Gasteiger partial charge is 0.272 e. The average molecular weight is 406 g/mol. The molecule has 2 aromatic carbocycles. The molecule has 30 heavy (non-hydrogen) atoms. The van der Waals surface area contributed by atoms with E-state index >= 15 is 0 Å². The Balaban J connectivity index is 1.40. The summed E-state index contributed by atoms with van der Waals surface area (Å²) in [4.78, 5) is 17.1. The number of anilines is 1. The number of ether oxygens (including phenoxy) is 2. The van der Waals surface area contributed by atoms with Gasteiger partial charge >= 0.3 is 0 Å². The van der Waals surface area contributed by atoms with Crippen molar-refractivity contribution in [2.75, 3.05) is 44.8 Å². The quantitative estimate of drug-likeness (QED) is 0.679. The minimum absolute atomic E-state index is 0.0284. The molecule has 0 spiro atoms. The highest BCUT2D eigenvalue weighted by Crippen LogP contribution is 2.28. The summed E-state index contributed by atoms with van der Waals surface area (Å²) >= 11 is 0. The van der Waals surface area contributed by atoms with E-state index in [2.05, 4.69) is 15.1 Å². The summed E-state index contributed by atoms with van der Waals surface area (Å²) in [5.41, 5.74) is 3.25. The average Bonchev–Trinajstić information content (AvgIpc) is 3.30. The van der Waals surface area contributed by atoms with E-state index in [1.807, 2.05) is 66.4 Å². The molecule has 7 heteroatoms. The Kier molecular flexibility index (Phi) is 5.88. The number of rotatable bonds is 6. The fourth-order valence-corrected chi connectivity index (χ4v) is 3.68. The molecule has 1 N–H and O–H groups in total. The van der Waals surface area contributed by atoms with Crippen molar-refractivity contribution in [1.82, 2.24) is 15.1 Å². The van der Waals surface area contributed by atoms with Gasteiger partial charge in [-0.2, -0.15) is 5.10 Å². The molecule has 0 atom stereocenters. The highest BCUT2D eigenvalue weighted by molar-refractivity contribution is 5.93. The zero-order valence-electron chi connectivity index (χ0n) is 17.3. The van der Waals surface area contributed by atoms with Crippen LogP contribution in [0.3, 0.4) is 0 Å². The Hall–Kier alpha value is -3.48. The zero-order chi connectivity index (χ0) is 20.9. The topological polar surface area (TPSA) is 70.7 Å². The SMILES string of the molecule is CCOc1ccc(-c2cc(C(=O)N3CCN(c4ccccc4OC)CC3)[nH]n2)cc1. The van der Waals surface area contributed by atoms with E-state index in [1.165, 1.54) is 0 Å². The molecule has 0 saturated carbocycles. The number of piperazine rings is 1. The van der Waals surface area contributed by atoms with Gasteiger partial charge in [0.15, 0.2) is 0 Å². The van der Waals surface area contributed by atoms with Gasteiger partial charge in [-0.1, -0.05) is 12.1 Å². The van der Waals surface area contributed by atoms with Crippen LogP contribution in [-0.2, 0) is 0 Å². The Bertz CT molecular complexity index is 992. The van der Waals surface area contributed by atoms with Crippen LogP contribution in [-0.4, -0.2) is 60.9 Å². The Morgan fingerprint density at radius 1 is 1.07 bits per heavy atom. The molecule has 1 fully saturated rings. The summed E-state index contributed by atoms with van der Waals surface area (Å²) in [6.07, 6.45) is 0. The highest BCUT2D eigenvalue weighted by atomic mass is 16.5. The van der Waals surface area contributed by atoms with Crippen LogP contribution in [0.5, 0.6) is 11.5 Å². The number of nitrogens with one attached hydrogen (secondary N) is 1. The van der Waals surface area contributed by atoms with Crippen LogP contribution in [0.2, 0.25) is 0 Å². The maximum atomic E-state index is 12.9. The predicted octanol–water partition coefficient (Wildman–Crippen LogP) is 3.45. The summed E-state index contributed by atoms with van der Waals surface area (Å²) in [6.45, 7) is 5.39. The molecular formula is C23H26N4O3. The number of para-hydroxylation sites is 2. The Morgan fingerprint density at radius 3 is 2.50 bits per heavy atom. The summed E-state index contributed by atoms with van der Waals surface area (Å²) in [5.74, 6) is 1.64. The lowest BCUT2D eigenvalue weighted by Crippen LogP contribution is -2.49. The lowest BCUT2D eigenvalue weighted by atomic mass is 10.1. The maximum absolute atomic E-state index is 12.9. The van der Waals surface area contributed by atoms with Gasteiger partial charge < -0.3 is 19.3 Å². The van der Waals surface area contributed by atoms with Crippen molar-refractivity contribution in [2.24, 2.45) is 0 Å². The van der Waals surface area contributed by atoms with Gasteiger partial charge in [0.2, 0.25) is 0 Å². The molecule has 1 aliphatic heterocycles. The molecule has 1 aromatic heterocycles. The van der Waals surface area contributed by atoms with Crippen LogP contribution in [0.1, 0.15) is 17.4 Å². The van der Waals surface area contributed by atoms with Gasteiger partial charge in [0, 0.05) is 31.7 Å². The van der Waals surface area contributed by atoms with Crippen molar-refractivity contribution < 1.29 is 14.3 Å². The number of carbonyl (C=O) groups excluding carboxylic acids is 1. The zero-order valence-corrected chi connectivity index (χ0v) is 17.3. The Labute approximate surface area is 176 Å². The third-order valence-electron chi connectivity index (χ3n) is 5.26. The molecule has 156 valence electrons. The van der Waals surface area contributed by atoms with Gasteiger partial charge in [-0.05, 0) is 49.4 Å². The second-order valence-corrected chi connectivity index (χ2v) is 7.08. The first-order chi connectivity index (χ1) is 14.7. The van der Waals surface area contributed by atoms with Crippen molar-refractivity contribution in [3.8, 4) is 22.8 Å². The molecule has 7 nitrogen and oxygen atoms in total. The van der Waals surface area contributed by atoms with E-state index in [1.54, 1.807) is 7.11 Å². The third-order valence-corrected chi connectivity index (χ3v) is 5.26. The lowest BCUT2D eigenvalue weighted by Gasteiger charge is -2.36. The van der Waals surface area contributed by atoms with Crippen LogP contribution in [0, 0.1) is 0 Å². The molecule has 4 rings (SSSR count). The molecule has 1 saturated heterocycles. The van der Waals surface area contributed by atoms with Crippen molar-refractivity contribution in [1.29, 1.82) is 0 Å². The number of hydrogen-bond donors (Lipinski definition) is 1. The molecule has 2 heterocycles. The van der Waals surface area contributed by atoms with E-state index in [4.69, 9.17) is 9.47 Å². The van der Waals surface area contributed by atoms with E-state index in [0.717, 1.165) is 41.5 Å². The van der Waals surface area contributed by atoms with Gasteiger partial charge in [-0.3, -0.25) is 9.89 Å². The second-order valence-electron chi connectivity index (χ2n) is 7.08. The number of aromatic nitrogens is 2. The maximum Gasteiger partial charge on any atom is 0.272 e. The number of methoxy groups -OCH3 is 1. The number of aromatic amines is 1. The van der Waals surface area contributed by atoms with Crippen molar-refractivity contribution in [3.05, 3.63) is 60.3 Å². The molecule has 1 aliphatic rings. The molecule has 1 amide bonds. The van der Waals surface area contributed by atoms with E-state index in [0.29, 0.717) is 25.4 Å². The normalized spacial score (nSPS) is 13.9. The van der Waals surface area contributed by atoms with Crippen LogP contribution in [0.25, 0.3) is 11.3 Å². The van der Waals surface area contributed by atoms with Crippen LogP contribution >= 0.6 is 0 Å². The van der Waals surface area contributed by atoms with Gasteiger partial charge in [-0.15, -0.1) is 0 Å². The van der Waals surface area contributed by atoms with E-state index < -0.39 is 0 Å². The Morgan fingerprint density at radius 2 is 1.80 bits per heavy atom. The number of H-pyrrole nitrogens is 1. The monoisotopic (exact) mass is 406 g/mol. The molecular weight excluding hydrogens is 380 g/mol. The lowest BCUT2D eigenvalue weighted by molar-refractivity contribution is 0.0740. The molecule has 0 unspecified atom stereocenters. The summed E-state index contributed by atoms with van der Waals surface area (Å²) in [5, 5.41) is 7.22. The first kappa shape index (κ1) is 19.8. The summed E-state index contributed by atoms with van der Waals surface area (Å²) in [6, 6.07) is 17.5. The van der Waals surface area contributed by atoms with Gasteiger partial charge in [0.05, 0.1) is 25.1 Å². The first-order valence-electron chi connectivity index (χ1n) is 10.2. The molecule has 0 bridgehead atoms. The summed E-state index contributed by atoms with van der Waals surface area (Å²) in [7, 11) is 1.68. The van der Waals surface area contributed by atoms with Crippen LogP contribution < -0.4 is 14.4 Å². The molecule has 3 aromatic rings. The van der Waals surface area contributed by atoms with Crippen molar-refractivity contribution >= 4 is 11.6 Å². The van der Waals surface area contributed by atoms with Gasteiger partial charge in [-0.25, -0.2) is 0 Å². The van der Waals surface area contributed by atoms with Crippen molar-refractivity contribution in [2.45, 2.75) is 6.92 Å². The molecule has 0 radical (unpaired) electrons. The number of nitrogens with zero attached hydrogens (tertiary/aromatic N) is 3. The highest BCUT2D eigenvalue weighted by Gasteiger charge is 2.25. The van der Waals surface area contributed by atoms with E-state index in [9.17, 15) is 4.79 Å². The second kappa shape index (κ2) is 8.90. The predicted molar refractivity (Wildman–Crippen MR) is 116 cm³/mol. The number of amides is 1. The largest absolute Gasteiger partial charge is 0.495 e. The number of carbonyl (C=O) groups is 1. The van der Waals surface area contributed by atoms with E-state index in [-0.39, 0.29) is 5.91 Å². The fourth-order valence-electron chi connectivity index (χ4n) is 3.68.